The number of halogens is 1. The van der Waals surface area contributed by atoms with Crippen molar-refractivity contribution in [2.75, 3.05) is 11.5 Å². The molecule has 0 aromatic carbocycles. The van der Waals surface area contributed by atoms with Gasteiger partial charge in [0.1, 0.15) is 0 Å². The van der Waals surface area contributed by atoms with E-state index in [1.54, 1.807) is 0 Å². The van der Waals surface area contributed by atoms with Crippen molar-refractivity contribution < 1.29 is 25.9 Å². The normalized spacial score (nSPS) is 32.4. The zero-order valence-electron chi connectivity index (χ0n) is 4.48. The van der Waals surface area contributed by atoms with E-state index in [-0.39, 0.29) is 0 Å². The monoisotopic (exact) mass is 213 g/mol. The number of alkyl halides is 2. The molecule has 0 aromatic rings. The fourth-order valence-electron chi connectivity index (χ4n) is 0.694. The van der Waals surface area contributed by atoms with Gasteiger partial charge < -0.3 is 0 Å². The van der Waals surface area contributed by atoms with Crippen LogP contribution in [0.3, 0.4) is 0 Å². The summed E-state index contributed by atoms with van der Waals surface area (Å²) in [6, 6.07) is 0. The maximum atomic E-state index is 5.16. The average Bonchev–Trinajstić information content (AvgIpc) is 2.14. The second-order valence-electron chi connectivity index (χ2n) is 1.63. The van der Waals surface area contributed by atoms with E-state index < -0.39 is 0 Å². The van der Waals surface area contributed by atoms with Gasteiger partial charge >= 0.3 is 54.4 Å². The average molecular weight is 213 g/mol. The summed E-state index contributed by atoms with van der Waals surface area (Å²) in [5.74, 6) is 0. The molecule has 1 atom stereocenters. The first kappa shape index (κ1) is 5.82. The second-order valence-corrected chi connectivity index (χ2v) is 4.98. The summed E-state index contributed by atoms with van der Waals surface area (Å²) in [4.78, 5) is 0. The van der Waals surface area contributed by atoms with Gasteiger partial charge in [0.25, 0.3) is 0 Å². The van der Waals surface area contributed by atoms with Crippen LogP contribution in [0.4, 0.5) is 0 Å². The van der Waals surface area contributed by atoms with Gasteiger partial charge in [-0.1, -0.05) is 0 Å². The predicted octanol–water partition coefficient (Wildman–Crippen LogP) is -2.16. The topological polar surface area (TPSA) is 9.23 Å². The SMILES string of the molecule is CO[C@H]1CCC[I-]1. The molecule has 0 spiro atoms. The van der Waals surface area contributed by atoms with Crippen molar-refractivity contribution in [2.45, 2.75) is 17.0 Å². The Morgan fingerprint density at radius 2 is 2.57 bits per heavy atom. The van der Waals surface area contributed by atoms with Crippen LogP contribution < -0.4 is 21.2 Å². The Morgan fingerprint density at radius 1 is 1.71 bits per heavy atom. The molecular formula is C5H10IO-. The molecule has 0 radical (unpaired) electrons. The molecule has 44 valence electrons. The van der Waals surface area contributed by atoms with Crippen LogP contribution in [0.5, 0.6) is 0 Å². The van der Waals surface area contributed by atoms with E-state index in [1.165, 1.54) is 17.3 Å². The Morgan fingerprint density at radius 3 is 2.86 bits per heavy atom. The number of ether oxygens (including phenoxy) is 1. The summed E-state index contributed by atoms with van der Waals surface area (Å²) in [6.07, 6.45) is 2.76. The van der Waals surface area contributed by atoms with E-state index in [1.807, 2.05) is 7.11 Å². The summed E-state index contributed by atoms with van der Waals surface area (Å²) < 4.78 is 7.35. The minimum atomic E-state index is 0.454. The number of hydrogen-bond donors (Lipinski definition) is 0. The molecule has 1 aliphatic rings. The van der Waals surface area contributed by atoms with Gasteiger partial charge in [0.2, 0.25) is 0 Å². The summed E-state index contributed by atoms with van der Waals surface area (Å²) >= 11 is 0.454. The summed E-state index contributed by atoms with van der Waals surface area (Å²) in [6.45, 7) is 0. The van der Waals surface area contributed by atoms with Crippen LogP contribution in [0.15, 0.2) is 0 Å². The maximum absolute atomic E-state index is 5.16. The molecule has 1 heterocycles. The molecule has 0 unspecified atom stereocenters. The van der Waals surface area contributed by atoms with E-state index in [0.717, 1.165) is 0 Å². The summed E-state index contributed by atoms with van der Waals surface area (Å²) in [5, 5.41) is 0. The zero-order valence-corrected chi connectivity index (χ0v) is 6.64. The fraction of sp³-hybridized carbons (Fsp3) is 1.00. The Labute approximate surface area is 54.7 Å². The van der Waals surface area contributed by atoms with Gasteiger partial charge in [0, 0.05) is 0 Å². The summed E-state index contributed by atoms with van der Waals surface area (Å²) in [5.41, 5.74) is 0. The van der Waals surface area contributed by atoms with Gasteiger partial charge in [-0.15, -0.1) is 0 Å². The molecular weight excluding hydrogens is 203 g/mol. The molecule has 0 saturated carbocycles. The second kappa shape index (κ2) is 2.87. The molecule has 0 aliphatic carbocycles. The van der Waals surface area contributed by atoms with Crippen LogP contribution in [-0.2, 0) is 4.74 Å². The van der Waals surface area contributed by atoms with Crippen molar-refractivity contribution in [1.29, 1.82) is 0 Å². The number of rotatable bonds is 1. The molecule has 1 fully saturated rings. The van der Waals surface area contributed by atoms with E-state index >= 15 is 0 Å². The zero-order chi connectivity index (χ0) is 5.11. The van der Waals surface area contributed by atoms with Crippen molar-refractivity contribution in [1.82, 2.24) is 0 Å². The summed E-state index contributed by atoms with van der Waals surface area (Å²) in [7, 11) is 1.83. The third-order valence-corrected chi connectivity index (χ3v) is 4.60. The van der Waals surface area contributed by atoms with Crippen molar-refractivity contribution in [3.05, 3.63) is 0 Å². The molecule has 1 rings (SSSR count). The van der Waals surface area contributed by atoms with Crippen LogP contribution in [-0.4, -0.2) is 15.6 Å². The molecule has 2 heteroatoms. The van der Waals surface area contributed by atoms with E-state index in [0.29, 0.717) is 25.3 Å². The van der Waals surface area contributed by atoms with Gasteiger partial charge in [-0.05, 0) is 0 Å². The minimum absolute atomic E-state index is 0.454. The van der Waals surface area contributed by atoms with Crippen LogP contribution in [0.2, 0.25) is 0 Å². The molecule has 1 saturated heterocycles. The molecule has 7 heavy (non-hydrogen) atoms. The van der Waals surface area contributed by atoms with Gasteiger partial charge in [0.15, 0.2) is 0 Å². The van der Waals surface area contributed by atoms with Crippen molar-refractivity contribution in [2.24, 2.45) is 0 Å². The molecule has 0 amide bonds. The van der Waals surface area contributed by atoms with Crippen LogP contribution in [0.25, 0.3) is 0 Å². The van der Waals surface area contributed by atoms with Gasteiger partial charge in [-0.2, -0.15) is 0 Å². The first-order valence-electron chi connectivity index (χ1n) is 2.54. The molecule has 0 N–H and O–H groups in total. The third-order valence-electron chi connectivity index (χ3n) is 1.10. The van der Waals surface area contributed by atoms with Crippen molar-refractivity contribution in [3.63, 3.8) is 0 Å². The predicted molar refractivity (Wildman–Crippen MR) is 24.9 cm³/mol. The van der Waals surface area contributed by atoms with E-state index in [4.69, 9.17) is 4.74 Å². The van der Waals surface area contributed by atoms with Crippen LogP contribution in [0, 0.1) is 0 Å². The quantitative estimate of drug-likeness (QED) is 0.356. The van der Waals surface area contributed by atoms with Gasteiger partial charge in [-0.25, -0.2) is 0 Å². The van der Waals surface area contributed by atoms with Crippen LogP contribution >= 0.6 is 0 Å². The molecule has 1 aliphatic heterocycles. The van der Waals surface area contributed by atoms with E-state index in [9.17, 15) is 0 Å². The molecule has 1 nitrogen and oxygen atoms in total. The number of hydrogen-bond acceptors (Lipinski definition) is 1. The van der Waals surface area contributed by atoms with Gasteiger partial charge in [-0.3, -0.25) is 0 Å². The van der Waals surface area contributed by atoms with Crippen LogP contribution in [0.1, 0.15) is 12.8 Å². The van der Waals surface area contributed by atoms with E-state index in [2.05, 4.69) is 0 Å². The van der Waals surface area contributed by atoms with Crippen molar-refractivity contribution >= 4 is 0 Å². The first-order valence-corrected chi connectivity index (χ1v) is 5.31. The Hall–Kier alpha value is 0.690. The first-order chi connectivity index (χ1) is 3.43. The standard InChI is InChI=1S/C5H10IO/c1-7-5-3-2-4-6-5/h5H,2-4H2,1H3/q-1/t5-/m0/s1. The molecule has 0 bridgehead atoms. The Balaban J connectivity index is 2.14. The Kier molecular flexibility index (Phi) is 2.38. The Bertz CT molecular complexity index is 50.0. The van der Waals surface area contributed by atoms with Crippen molar-refractivity contribution in [3.8, 4) is 0 Å². The fourth-order valence-corrected chi connectivity index (χ4v) is 3.51. The third kappa shape index (κ3) is 1.57. The number of methoxy groups -OCH3 is 1. The molecule has 0 aromatic heterocycles. The van der Waals surface area contributed by atoms with Gasteiger partial charge in [0.05, 0.1) is 0 Å².